The first-order chi connectivity index (χ1) is 9.04. The topological polar surface area (TPSA) is 24.5 Å². The standard InChI is InChI=1S/C14H22Br2N2O/c1-18(2)7-5-4-6-17-10-11-8-12(15)14(19-3)13(16)9-11/h8-9,17H,4-7,10H2,1-3H3. The number of ether oxygens (including phenoxy) is 1. The van der Waals surface area contributed by atoms with Crippen LogP contribution in [-0.2, 0) is 6.54 Å². The third-order valence-electron chi connectivity index (χ3n) is 2.80. The molecule has 0 atom stereocenters. The fourth-order valence-electron chi connectivity index (χ4n) is 1.82. The summed E-state index contributed by atoms with van der Waals surface area (Å²) in [6, 6.07) is 4.19. The molecule has 0 spiro atoms. The molecule has 1 rings (SSSR count). The summed E-state index contributed by atoms with van der Waals surface area (Å²) in [6.07, 6.45) is 2.44. The van der Waals surface area contributed by atoms with Gasteiger partial charge in [-0.1, -0.05) is 0 Å². The summed E-state index contributed by atoms with van der Waals surface area (Å²) < 4.78 is 7.25. The molecule has 0 amide bonds. The second-order valence-corrected chi connectivity index (χ2v) is 6.49. The fourth-order valence-corrected chi connectivity index (χ4v) is 3.43. The van der Waals surface area contributed by atoms with Gasteiger partial charge in [0.25, 0.3) is 0 Å². The zero-order valence-electron chi connectivity index (χ0n) is 11.8. The van der Waals surface area contributed by atoms with E-state index in [1.165, 1.54) is 18.4 Å². The highest BCUT2D eigenvalue weighted by Gasteiger charge is 2.07. The molecule has 0 radical (unpaired) electrons. The number of rotatable bonds is 8. The van der Waals surface area contributed by atoms with E-state index in [1.807, 2.05) is 0 Å². The molecule has 108 valence electrons. The van der Waals surface area contributed by atoms with Gasteiger partial charge in [0.2, 0.25) is 0 Å². The van der Waals surface area contributed by atoms with Crippen LogP contribution in [0.15, 0.2) is 21.1 Å². The van der Waals surface area contributed by atoms with E-state index in [1.54, 1.807) is 7.11 Å². The number of methoxy groups -OCH3 is 1. The largest absolute Gasteiger partial charge is 0.494 e. The van der Waals surface area contributed by atoms with Gasteiger partial charge < -0.3 is 15.0 Å². The number of nitrogens with one attached hydrogen (secondary N) is 1. The summed E-state index contributed by atoms with van der Waals surface area (Å²) in [4.78, 5) is 2.22. The molecule has 0 aromatic heterocycles. The molecule has 0 heterocycles. The van der Waals surface area contributed by atoms with Gasteiger partial charge in [-0.3, -0.25) is 0 Å². The molecule has 3 nitrogen and oxygen atoms in total. The molecular formula is C14H22Br2N2O. The molecular weight excluding hydrogens is 372 g/mol. The number of hydrogen-bond acceptors (Lipinski definition) is 3. The van der Waals surface area contributed by atoms with Crippen LogP contribution in [0.3, 0.4) is 0 Å². The van der Waals surface area contributed by atoms with Gasteiger partial charge in [0.15, 0.2) is 0 Å². The minimum absolute atomic E-state index is 0.842. The predicted molar refractivity (Wildman–Crippen MR) is 87.9 cm³/mol. The van der Waals surface area contributed by atoms with Crippen molar-refractivity contribution in [3.8, 4) is 5.75 Å². The van der Waals surface area contributed by atoms with E-state index < -0.39 is 0 Å². The minimum atomic E-state index is 0.842. The average molecular weight is 394 g/mol. The minimum Gasteiger partial charge on any atom is -0.494 e. The van der Waals surface area contributed by atoms with Crippen LogP contribution in [0.25, 0.3) is 0 Å². The lowest BCUT2D eigenvalue weighted by atomic mass is 10.2. The third kappa shape index (κ3) is 6.25. The molecule has 0 aliphatic heterocycles. The smallest absolute Gasteiger partial charge is 0.147 e. The molecule has 5 heteroatoms. The third-order valence-corrected chi connectivity index (χ3v) is 3.98. The van der Waals surface area contributed by atoms with Crippen LogP contribution in [0.4, 0.5) is 0 Å². The van der Waals surface area contributed by atoms with E-state index >= 15 is 0 Å². The second kappa shape index (κ2) is 8.95. The van der Waals surface area contributed by atoms with Crippen molar-refractivity contribution in [1.29, 1.82) is 0 Å². The van der Waals surface area contributed by atoms with Crippen molar-refractivity contribution < 1.29 is 4.74 Å². The molecule has 0 fully saturated rings. The highest BCUT2D eigenvalue weighted by atomic mass is 79.9. The lowest BCUT2D eigenvalue weighted by Crippen LogP contribution is -2.18. The Kier molecular flexibility index (Phi) is 7.99. The van der Waals surface area contributed by atoms with E-state index in [2.05, 4.69) is 68.3 Å². The van der Waals surface area contributed by atoms with Gasteiger partial charge in [-0.15, -0.1) is 0 Å². The zero-order chi connectivity index (χ0) is 14.3. The first kappa shape index (κ1) is 17.0. The van der Waals surface area contributed by atoms with Gasteiger partial charge in [0.05, 0.1) is 16.1 Å². The zero-order valence-corrected chi connectivity index (χ0v) is 15.0. The lowest BCUT2D eigenvalue weighted by Gasteiger charge is -2.11. The number of unbranched alkanes of at least 4 members (excludes halogenated alkanes) is 1. The van der Waals surface area contributed by atoms with Crippen molar-refractivity contribution in [1.82, 2.24) is 10.2 Å². The van der Waals surface area contributed by atoms with Gasteiger partial charge >= 0.3 is 0 Å². The lowest BCUT2D eigenvalue weighted by molar-refractivity contribution is 0.391. The van der Waals surface area contributed by atoms with Gasteiger partial charge in [0.1, 0.15) is 5.75 Å². The number of benzene rings is 1. The van der Waals surface area contributed by atoms with E-state index in [0.717, 1.165) is 34.3 Å². The number of hydrogen-bond donors (Lipinski definition) is 1. The fraction of sp³-hybridized carbons (Fsp3) is 0.571. The maximum absolute atomic E-state index is 5.29. The Bertz CT molecular complexity index is 374. The van der Waals surface area contributed by atoms with Gasteiger partial charge in [0, 0.05) is 6.54 Å². The average Bonchev–Trinajstić information content (AvgIpc) is 2.33. The molecule has 1 aromatic rings. The Morgan fingerprint density at radius 1 is 1.16 bits per heavy atom. The van der Waals surface area contributed by atoms with Crippen LogP contribution >= 0.6 is 31.9 Å². The van der Waals surface area contributed by atoms with Crippen molar-refractivity contribution in [2.45, 2.75) is 19.4 Å². The molecule has 0 saturated carbocycles. The van der Waals surface area contributed by atoms with Crippen LogP contribution in [0.1, 0.15) is 18.4 Å². The monoisotopic (exact) mass is 392 g/mol. The summed E-state index contributed by atoms with van der Waals surface area (Å²) in [5.41, 5.74) is 1.24. The number of halogens is 2. The van der Waals surface area contributed by atoms with Crippen LogP contribution in [0.5, 0.6) is 5.75 Å². The predicted octanol–water partition coefficient (Wildman–Crippen LogP) is 3.65. The maximum Gasteiger partial charge on any atom is 0.147 e. The maximum atomic E-state index is 5.29. The molecule has 19 heavy (non-hydrogen) atoms. The first-order valence-electron chi connectivity index (χ1n) is 6.42. The van der Waals surface area contributed by atoms with Crippen LogP contribution in [0, 0.1) is 0 Å². The summed E-state index contributed by atoms with van der Waals surface area (Å²) >= 11 is 7.04. The van der Waals surface area contributed by atoms with Crippen molar-refractivity contribution in [2.24, 2.45) is 0 Å². The van der Waals surface area contributed by atoms with Crippen LogP contribution < -0.4 is 10.1 Å². The van der Waals surface area contributed by atoms with Crippen LogP contribution in [-0.4, -0.2) is 39.2 Å². The van der Waals surface area contributed by atoms with E-state index in [4.69, 9.17) is 4.74 Å². The van der Waals surface area contributed by atoms with Gasteiger partial charge in [-0.05, 0) is 89.6 Å². The molecule has 1 N–H and O–H groups in total. The Morgan fingerprint density at radius 3 is 2.32 bits per heavy atom. The molecule has 0 bridgehead atoms. The SMILES string of the molecule is COc1c(Br)cc(CNCCCCN(C)C)cc1Br. The normalized spacial score (nSPS) is 11.1. The Morgan fingerprint density at radius 2 is 1.79 bits per heavy atom. The van der Waals surface area contributed by atoms with Gasteiger partial charge in [-0.25, -0.2) is 0 Å². The molecule has 0 aliphatic rings. The molecule has 0 aliphatic carbocycles. The Hall–Kier alpha value is -0.100. The molecule has 0 unspecified atom stereocenters. The van der Waals surface area contributed by atoms with Crippen molar-refractivity contribution >= 4 is 31.9 Å². The van der Waals surface area contributed by atoms with Crippen molar-refractivity contribution in [3.05, 3.63) is 26.6 Å². The van der Waals surface area contributed by atoms with E-state index in [-0.39, 0.29) is 0 Å². The van der Waals surface area contributed by atoms with Crippen LogP contribution in [0.2, 0.25) is 0 Å². The van der Waals surface area contributed by atoms with E-state index in [9.17, 15) is 0 Å². The Labute approximate surface area is 133 Å². The highest BCUT2D eigenvalue weighted by molar-refractivity contribution is 9.11. The summed E-state index contributed by atoms with van der Waals surface area (Å²) in [6.45, 7) is 3.08. The summed E-state index contributed by atoms with van der Waals surface area (Å²) in [5, 5.41) is 3.47. The van der Waals surface area contributed by atoms with Gasteiger partial charge in [-0.2, -0.15) is 0 Å². The molecule has 1 aromatic carbocycles. The highest BCUT2D eigenvalue weighted by Crippen LogP contribution is 2.34. The van der Waals surface area contributed by atoms with Crippen molar-refractivity contribution in [3.63, 3.8) is 0 Å². The second-order valence-electron chi connectivity index (χ2n) is 4.78. The summed E-state index contributed by atoms with van der Waals surface area (Å²) in [5.74, 6) is 0.842. The quantitative estimate of drug-likeness (QED) is 0.682. The van der Waals surface area contributed by atoms with Crippen molar-refractivity contribution in [2.75, 3.05) is 34.3 Å². The van der Waals surface area contributed by atoms with E-state index in [0.29, 0.717) is 0 Å². The number of nitrogens with zero attached hydrogens (tertiary/aromatic N) is 1. The Balaban J connectivity index is 2.34. The summed E-state index contributed by atoms with van der Waals surface area (Å²) in [7, 11) is 5.90. The first-order valence-corrected chi connectivity index (χ1v) is 8.00. The molecule has 0 saturated heterocycles.